The van der Waals surface area contributed by atoms with Gasteiger partial charge in [-0.05, 0) is 6.42 Å². The number of carboxylic acids is 1. The van der Waals surface area contributed by atoms with E-state index in [1.165, 1.54) is 4.90 Å². The van der Waals surface area contributed by atoms with Crippen molar-refractivity contribution in [3.63, 3.8) is 0 Å². The molecule has 0 aromatic carbocycles. The van der Waals surface area contributed by atoms with Gasteiger partial charge in [0.25, 0.3) is 0 Å². The van der Waals surface area contributed by atoms with Gasteiger partial charge in [0, 0.05) is 46.1 Å². The third kappa shape index (κ3) is 6.94. The van der Waals surface area contributed by atoms with Crippen LogP contribution in [0.15, 0.2) is 0 Å². The van der Waals surface area contributed by atoms with Gasteiger partial charge < -0.3 is 25.0 Å². The number of morpholine rings is 1. The largest absolute Gasteiger partial charge is 0.481 e. The van der Waals surface area contributed by atoms with E-state index in [0.717, 1.165) is 0 Å². The third-order valence-corrected chi connectivity index (χ3v) is 3.21. The van der Waals surface area contributed by atoms with Crippen LogP contribution in [0, 0.1) is 0 Å². The van der Waals surface area contributed by atoms with Gasteiger partial charge in [-0.2, -0.15) is 0 Å². The minimum Gasteiger partial charge on any atom is -0.481 e. The summed E-state index contributed by atoms with van der Waals surface area (Å²) in [6, 6.07) is -0.296. The van der Waals surface area contributed by atoms with Gasteiger partial charge in [0.1, 0.15) is 0 Å². The average molecular weight is 301 g/mol. The Bertz CT molecular complexity index is 369. The molecule has 0 radical (unpaired) electrons. The number of aliphatic carboxylic acids is 1. The fraction of sp³-hybridized carbons (Fsp3) is 0.769. The van der Waals surface area contributed by atoms with E-state index >= 15 is 0 Å². The van der Waals surface area contributed by atoms with E-state index in [0.29, 0.717) is 39.3 Å². The highest BCUT2D eigenvalue weighted by atomic mass is 16.5. The van der Waals surface area contributed by atoms with E-state index in [9.17, 15) is 14.4 Å². The van der Waals surface area contributed by atoms with Gasteiger partial charge >= 0.3 is 12.0 Å². The molecule has 2 N–H and O–H groups in total. The van der Waals surface area contributed by atoms with E-state index in [1.807, 2.05) is 0 Å². The molecule has 0 aromatic rings. The van der Waals surface area contributed by atoms with E-state index in [4.69, 9.17) is 9.84 Å². The summed E-state index contributed by atoms with van der Waals surface area (Å²) >= 11 is 0. The molecule has 1 aliphatic rings. The van der Waals surface area contributed by atoms with Crippen molar-refractivity contribution in [3.8, 4) is 0 Å². The highest BCUT2D eigenvalue weighted by Crippen LogP contribution is 2.00. The first-order chi connectivity index (χ1) is 10.0. The number of carbonyl (C=O) groups is 3. The zero-order chi connectivity index (χ0) is 15.7. The Morgan fingerprint density at radius 3 is 2.52 bits per heavy atom. The van der Waals surface area contributed by atoms with Crippen molar-refractivity contribution < 1.29 is 24.2 Å². The van der Waals surface area contributed by atoms with Crippen LogP contribution < -0.4 is 5.32 Å². The van der Waals surface area contributed by atoms with Crippen molar-refractivity contribution in [2.45, 2.75) is 19.3 Å². The molecule has 8 nitrogen and oxygen atoms in total. The molecule has 1 saturated heterocycles. The molecule has 0 atom stereocenters. The second-order valence-electron chi connectivity index (χ2n) is 4.89. The number of nitrogens with zero attached hydrogens (tertiary/aromatic N) is 2. The number of amides is 3. The zero-order valence-corrected chi connectivity index (χ0v) is 12.3. The summed E-state index contributed by atoms with van der Waals surface area (Å²) in [5, 5.41) is 11.2. The molecule has 1 aliphatic heterocycles. The Morgan fingerprint density at radius 1 is 1.24 bits per heavy atom. The van der Waals surface area contributed by atoms with Crippen LogP contribution >= 0.6 is 0 Å². The lowest BCUT2D eigenvalue weighted by Crippen LogP contribution is -2.43. The Morgan fingerprint density at radius 2 is 1.90 bits per heavy atom. The number of hydrogen-bond acceptors (Lipinski definition) is 4. The van der Waals surface area contributed by atoms with Gasteiger partial charge in [-0.1, -0.05) is 0 Å². The fourth-order valence-electron chi connectivity index (χ4n) is 1.95. The molecule has 21 heavy (non-hydrogen) atoms. The summed E-state index contributed by atoms with van der Waals surface area (Å²) in [7, 11) is 1.60. The van der Waals surface area contributed by atoms with E-state index in [1.54, 1.807) is 11.9 Å². The molecule has 0 unspecified atom stereocenters. The minimum atomic E-state index is -0.875. The summed E-state index contributed by atoms with van der Waals surface area (Å²) in [4.78, 5) is 37.1. The topological polar surface area (TPSA) is 99.2 Å². The molecular weight excluding hydrogens is 278 g/mol. The second kappa shape index (κ2) is 9.17. The van der Waals surface area contributed by atoms with Crippen molar-refractivity contribution in [1.82, 2.24) is 15.1 Å². The van der Waals surface area contributed by atoms with Crippen LogP contribution in [0.1, 0.15) is 19.3 Å². The summed E-state index contributed by atoms with van der Waals surface area (Å²) in [6.45, 7) is 2.96. The minimum absolute atomic E-state index is 0.00660. The first-order valence-corrected chi connectivity index (χ1v) is 7.07. The van der Waals surface area contributed by atoms with Gasteiger partial charge in [0.2, 0.25) is 5.91 Å². The Hall–Kier alpha value is -1.83. The van der Waals surface area contributed by atoms with Crippen molar-refractivity contribution in [2.24, 2.45) is 0 Å². The first kappa shape index (κ1) is 17.2. The predicted molar refractivity (Wildman–Crippen MR) is 74.9 cm³/mol. The molecule has 0 bridgehead atoms. The van der Waals surface area contributed by atoms with Gasteiger partial charge in [-0.15, -0.1) is 0 Å². The molecule has 0 aliphatic carbocycles. The molecule has 0 spiro atoms. The first-order valence-electron chi connectivity index (χ1n) is 7.07. The normalized spacial score (nSPS) is 14.6. The highest BCUT2D eigenvalue weighted by Gasteiger charge is 2.17. The predicted octanol–water partition coefficient (Wildman–Crippen LogP) is -0.258. The second-order valence-corrected chi connectivity index (χ2v) is 4.89. The standard InChI is InChI=1S/C13H23N3O5/c1-15(6-2-3-12(18)19)13(20)14-5-4-11(17)16-7-9-21-10-8-16/h2-10H2,1H3,(H,14,20)(H,18,19). The van der Waals surface area contributed by atoms with Crippen LogP contribution in [0.2, 0.25) is 0 Å². The van der Waals surface area contributed by atoms with Gasteiger partial charge in [0.15, 0.2) is 0 Å². The molecule has 1 rings (SSSR count). The van der Waals surface area contributed by atoms with E-state index < -0.39 is 5.97 Å². The van der Waals surface area contributed by atoms with E-state index in [2.05, 4.69) is 5.32 Å². The number of hydrogen-bond donors (Lipinski definition) is 2. The number of carbonyl (C=O) groups excluding carboxylic acids is 2. The quantitative estimate of drug-likeness (QED) is 0.675. The number of urea groups is 1. The van der Waals surface area contributed by atoms with Crippen LogP contribution in [0.4, 0.5) is 4.79 Å². The lowest BCUT2D eigenvalue weighted by atomic mass is 10.3. The van der Waals surface area contributed by atoms with Gasteiger partial charge in [-0.3, -0.25) is 9.59 Å². The van der Waals surface area contributed by atoms with Crippen LogP contribution in [0.3, 0.4) is 0 Å². The van der Waals surface area contributed by atoms with Crippen LogP contribution in [0.25, 0.3) is 0 Å². The Labute approximate surface area is 124 Å². The Balaban J connectivity index is 2.14. The molecule has 120 valence electrons. The van der Waals surface area contributed by atoms with Crippen molar-refractivity contribution in [3.05, 3.63) is 0 Å². The fourth-order valence-corrected chi connectivity index (χ4v) is 1.95. The Kier molecular flexibility index (Phi) is 7.52. The zero-order valence-electron chi connectivity index (χ0n) is 12.3. The molecule has 1 heterocycles. The highest BCUT2D eigenvalue weighted by molar-refractivity contribution is 5.78. The summed E-state index contributed by atoms with van der Waals surface area (Å²) in [5.74, 6) is -0.868. The SMILES string of the molecule is CN(CCCC(=O)O)C(=O)NCCC(=O)N1CCOCC1. The van der Waals surface area contributed by atoms with Crippen molar-refractivity contribution >= 4 is 17.9 Å². The molecule has 8 heteroatoms. The molecule has 3 amide bonds. The third-order valence-electron chi connectivity index (χ3n) is 3.21. The maximum atomic E-state index is 11.8. The number of rotatable bonds is 7. The smallest absolute Gasteiger partial charge is 0.317 e. The van der Waals surface area contributed by atoms with Crippen molar-refractivity contribution in [1.29, 1.82) is 0 Å². The lowest BCUT2D eigenvalue weighted by molar-refractivity contribution is -0.137. The van der Waals surface area contributed by atoms with Crippen molar-refractivity contribution in [2.75, 3.05) is 46.4 Å². The van der Waals surface area contributed by atoms with Crippen LogP contribution in [-0.4, -0.2) is 79.3 Å². The number of nitrogens with one attached hydrogen (secondary N) is 1. The molecule has 0 saturated carbocycles. The summed E-state index contributed by atoms with van der Waals surface area (Å²) in [6.07, 6.45) is 0.702. The monoisotopic (exact) mass is 301 g/mol. The maximum Gasteiger partial charge on any atom is 0.317 e. The van der Waals surface area contributed by atoms with Gasteiger partial charge in [-0.25, -0.2) is 4.79 Å². The number of ether oxygens (including phenoxy) is 1. The molecular formula is C13H23N3O5. The number of carboxylic acid groups (broad SMARTS) is 1. The molecule has 1 fully saturated rings. The molecule has 0 aromatic heterocycles. The van der Waals surface area contributed by atoms with Gasteiger partial charge in [0.05, 0.1) is 13.2 Å². The van der Waals surface area contributed by atoms with E-state index in [-0.39, 0.29) is 31.3 Å². The summed E-state index contributed by atoms with van der Waals surface area (Å²) in [5.41, 5.74) is 0. The maximum absolute atomic E-state index is 11.8. The van der Waals surface area contributed by atoms with Crippen LogP contribution in [0.5, 0.6) is 0 Å². The lowest BCUT2D eigenvalue weighted by Gasteiger charge is -2.27. The average Bonchev–Trinajstić information content (AvgIpc) is 2.47. The summed E-state index contributed by atoms with van der Waals surface area (Å²) < 4.78 is 5.17. The van der Waals surface area contributed by atoms with Crippen LogP contribution in [-0.2, 0) is 14.3 Å².